The van der Waals surface area contributed by atoms with Gasteiger partial charge in [-0.05, 0) is 47.0 Å². The Morgan fingerprint density at radius 2 is 1.53 bits per heavy atom. The predicted molar refractivity (Wildman–Crippen MR) is 126 cm³/mol. The van der Waals surface area contributed by atoms with Crippen molar-refractivity contribution >= 4 is 17.7 Å². The Bertz CT molecular complexity index is 1140. The zero-order valence-corrected chi connectivity index (χ0v) is 19.0. The van der Waals surface area contributed by atoms with Crippen molar-refractivity contribution in [3.05, 3.63) is 101 Å². The van der Waals surface area contributed by atoms with Gasteiger partial charge in [-0.3, -0.25) is 4.79 Å². The van der Waals surface area contributed by atoms with Crippen molar-refractivity contribution in [2.45, 2.75) is 32.1 Å². The molecule has 0 fully saturated rings. The lowest BCUT2D eigenvalue weighted by molar-refractivity contribution is -0.129. The van der Waals surface area contributed by atoms with Crippen molar-refractivity contribution in [1.29, 1.82) is 0 Å². The minimum absolute atomic E-state index is 0.0397. The lowest BCUT2D eigenvalue weighted by Crippen LogP contribution is -2.31. The Labute approximate surface area is 192 Å². The van der Waals surface area contributed by atoms with Gasteiger partial charge < -0.3 is 4.90 Å². The van der Waals surface area contributed by atoms with Crippen LogP contribution in [0.1, 0.15) is 22.3 Å². The lowest BCUT2D eigenvalue weighted by Gasteiger charge is -2.23. The summed E-state index contributed by atoms with van der Waals surface area (Å²) in [5.74, 6) is 0.295. The first-order valence-corrected chi connectivity index (χ1v) is 11.4. The molecule has 162 valence electrons. The number of benzene rings is 3. The van der Waals surface area contributed by atoms with Gasteiger partial charge >= 0.3 is 0 Å². The Morgan fingerprint density at radius 1 is 0.906 bits per heavy atom. The van der Waals surface area contributed by atoms with Gasteiger partial charge in [0.1, 0.15) is 0 Å². The molecule has 7 heteroatoms. The van der Waals surface area contributed by atoms with E-state index in [-0.39, 0.29) is 11.7 Å². The number of thioether (sulfide) groups is 1. The molecule has 4 rings (SSSR count). The van der Waals surface area contributed by atoms with Gasteiger partial charge in [-0.1, -0.05) is 90.1 Å². The summed E-state index contributed by atoms with van der Waals surface area (Å²) in [6.07, 6.45) is 0. The molecule has 3 aromatic carbocycles. The predicted octanol–water partition coefficient (Wildman–Crippen LogP) is 4.60. The fourth-order valence-corrected chi connectivity index (χ4v) is 4.31. The molecule has 0 saturated heterocycles. The molecule has 0 aliphatic heterocycles. The molecular weight excluding hydrogens is 418 g/mol. The molecule has 1 aromatic heterocycles. The van der Waals surface area contributed by atoms with E-state index in [2.05, 4.69) is 28.5 Å². The monoisotopic (exact) mass is 443 g/mol. The summed E-state index contributed by atoms with van der Waals surface area (Å²) < 4.78 is 1.70. The molecule has 6 nitrogen and oxygen atoms in total. The van der Waals surface area contributed by atoms with Gasteiger partial charge in [0, 0.05) is 13.1 Å². The smallest absolute Gasteiger partial charge is 0.233 e. The van der Waals surface area contributed by atoms with Crippen molar-refractivity contribution in [3.8, 4) is 5.69 Å². The van der Waals surface area contributed by atoms with Crippen LogP contribution in [0.4, 0.5) is 0 Å². The third-order valence-electron chi connectivity index (χ3n) is 5.13. The molecule has 0 N–H and O–H groups in total. The molecule has 32 heavy (non-hydrogen) atoms. The first kappa shape index (κ1) is 21.8. The van der Waals surface area contributed by atoms with Crippen LogP contribution < -0.4 is 0 Å². The van der Waals surface area contributed by atoms with Crippen LogP contribution in [0.3, 0.4) is 0 Å². The van der Waals surface area contributed by atoms with E-state index in [0.717, 1.165) is 22.4 Å². The third-order valence-corrected chi connectivity index (χ3v) is 6.04. The second-order valence-corrected chi connectivity index (χ2v) is 8.62. The van der Waals surface area contributed by atoms with Gasteiger partial charge in [0.2, 0.25) is 11.1 Å². The molecular formula is C25H25N5OS. The number of tetrazole rings is 1. The molecule has 1 amide bonds. The lowest BCUT2D eigenvalue weighted by atomic mass is 10.1. The summed E-state index contributed by atoms with van der Waals surface area (Å²) in [5, 5.41) is 12.7. The quantitative estimate of drug-likeness (QED) is 0.373. The number of hydrogen-bond donors (Lipinski definition) is 0. The molecule has 0 aliphatic rings. The van der Waals surface area contributed by atoms with Crippen molar-refractivity contribution in [2.24, 2.45) is 0 Å². The largest absolute Gasteiger partial charge is 0.333 e. The van der Waals surface area contributed by atoms with Gasteiger partial charge in [0.25, 0.3) is 0 Å². The molecule has 0 unspecified atom stereocenters. The number of amides is 1. The standard InChI is InChI=1S/C25H25N5OS/c1-19-13-14-23(20(2)15-19)30-25(26-27-28-30)32-18-24(31)29(16-21-9-5-3-6-10-21)17-22-11-7-4-8-12-22/h3-15H,16-18H2,1-2H3. The van der Waals surface area contributed by atoms with Gasteiger partial charge in [-0.15, -0.1) is 5.10 Å². The van der Waals surface area contributed by atoms with Crippen LogP contribution >= 0.6 is 11.8 Å². The molecule has 0 aliphatic carbocycles. The fourth-order valence-electron chi connectivity index (χ4n) is 3.52. The summed E-state index contributed by atoms with van der Waals surface area (Å²) in [7, 11) is 0. The number of carbonyl (C=O) groups excluding carboxylic acids is 1. The average molecular weight is 444 g/mol. The second-order valence-electron chi connectivity index (χ2n) is 7.67. The van der Waals surface area contributed by atoms with E-state index < -0.39 is 0 Å². The summed E-state index contributed by atoms with van der Waals surface area (Å²) in [6.45, 7) is 5.19. The number of rotatable bonds is 8. The molecule has 4 aromatic rings. The Kier molecular flexibility index (Phi) is 6.97. The van der Waals surface area contributed by atoms with Crippen LogP contribution in [0.2, 0.25) is 0 Å². The first-order chi connectivity index (χ1) is 15.6. The van der Waals surface area contributed by atoms with Crippen molar-refractivity contribution in [3.63, 3.8) is 0 Å². The van der Waals surface area contributed by atoms with Crippen LogP contribution in [0.25, 0.3) is 5.69 Å². The SMILES string of the molecule is Cc1ccc(-n2nnnc2SCC(=O)N(Cc2ccccc2)Cc2ccccc2)c(C)c1. The zero-order chi connectivity index (χ0) is 22.3. The number of aryl methyl sites for hydroxylation is 2. The molecule has 0 radical (unpaired) electrons. The van der Waals surface area contributed by atoms with E-state index in [9.17, 15) is 4.79 Å². The maximum Gasteiger partial charge on any atom is 0.233 e. The van der Waals surface area contributed by atoms with Crippen LogP contribution in [0.15, 0.2) is 84.0 Å². The molecule has 0 bridgehead atoms. The topological polar surface area (TPSA) is 63.9 Å². The van der Waals surface area contributed by atoms with E-state index >= 15 is 0 Å². The van der Waals surface area contributed by atoms with Gasteiger partial charge in [-0.2, -0.15) is 4.68 Å². The minimum atomic E-state index is 0.0397. The van der Waals surface area contributed by atoms with E-state index in [4.69, 9.17) is 0 Å². The molecule has 1 heterocycles. The first-order valence-electron chi connectivity index (χ1n) is 10.4. The van der Waals surface area contributed by atoms with E-state index in [0.29, 0.717) is 18.2 Å². The van der Waals surface area contributed by atoms with Crippen molar-refractivity contribution in [2.75, 3.05) is 5.75 Å². The van der Waals surface area contributed by atoms with Crippen molar-refractivity contribution in [1.82, 2.24) is 25.1 Å². The minimum Gasteiger partial charge on any atom is -0.333 e. The Hall–Kier alpha value is -3.45. The van der Waals surface area contributed by atoms with Gasteiger partial charge in [0.15, 0.2) is 0 Å². The Balaban J connectivity index is 1.49. The van der Waals surface area contributed by atoms with Crippen LogP contribution in [-0.4, -0.2) is 36.8 Å². The van der Waals surface area contributed by atoms with E-state index in [1.807, 2.05) is 84.6 Å². The fraction of sp³-hybridized carbons (Fsp3) is 0.200. The van der Waals surface area contributed by atoms with Crippen molar-refractivity contribution < 1.29 is 4.79 Å². The summed E-state index contributed by atoms with van der Waals surface area (Å²) in [4.78, 5) is 15.1. The third kappa shape index (κ3) is 5.42. The average Bonchev–Trinajstić information content (AvgIpc) is 3.27. The summed E-state index contributed by atoms with van der Waals surface area (Å²) >= 11 is 1.35. The summed E-state index contributed by atoms with van der Waals surface area (Å²) in [5.41, 5.74) is 5.38. The number of aromatic nitrogens is 4. The highest BCUT2D eigenvalue weighted by Gasteiger charge is 2.18. The second kappa shape index (κ2) is 10.2. The van der Waals surface area contributed by atoms with Crippen LogP contribution in [0, 0.1) is 13.8 Å². The number of hydrogen-bond acceptors (Lipinski definition) is 5. The van der Waals surface area contributed by atoms with Crippen LogP contribution in [0.5, 0.6) is 0 Å². The van der Waals surface area contributed by atoms with Gasteiger partial charge in [0.05, 0.1) is 11.4 Å². The van der Waals surface area contributed by atoms with E-state index in [1.165, 1.54) is 17.3 Å². The highest BCUT2D eigenvalue weighted by Crippen LogP contribution is 2.22. The van der Waals surface area contributed by atoms with E-state index in [1.54, 1.807) is 4.68 Å². The number of carbonyl (C=O) groups is 1. The van der Waals surface area contributed by atoms with Gasteiger partial charge in [-0.25, -0.2) is 0 Å². The Morgan fingerprint density at radius 3 is 2.12 bits per heavy atom. The molecule has 0 saturated carbocycles. The zero-order valence-electron chi connectivity index (χ0n) is 18.2. The maximum atomic E-state index is 13.2. The summed E-state index contributed by atoms with van der Waals surface area (Å²) in [6, 6.07) is 26.2. The maximum absolute atomic E-state index is 13.2. The number of nitrogens with zero attached hydrogens (tertiary/aromatic N) is 5. The highest BCUT2D eigenvalue weighted by atomic mass is 32.2. The highest BCUT2D eigenvalue weighted by molar-refractivity contribution is 7.99. The normalized spacial score (nSPS) is 10.8. The molecule has 0 atom stereocenters. The van der Waals surface area contributed by atoms with Crippen LogP contribution in [-0.2, 0) is 17.9 Å². The molecule has 0 spiro atoms.